The molecule has 0 aromatic carbocycles. The molecule has 1 aromatic heterocycles. The fraction of sp³-hybridized carbons (Fsp3) is 0.684. The van der Waals surface area contributed by atoms with Crippen molar-refractivity contribution in [1.29, 1.82) is 0 Å². The fourth-order valence-electron chi connectivity index (χ4n) is 3.79. The van der Waals surface area contributed by atoms with Gasteiger partial charge in [0.05, 0.1) is 18.9 Å². The van der Waals surface area contributed by atoms with Crippen LogP contribution in [0.3, 0.4) is 0 Å². The lowest BCUT2D eigenvalue weighted by Gasteiger charge is -2.32. The molecule has 8 nitrogen and oxygen atoms in total. The van der Waals surface area contributed by atoms with E-state index in [2.05, 4.69) is 15.5 Å². The van der Waals surface area contributed by atoms with Crippen molar-refractivity contribution in [2.24, 2.45) is 0 Å². The Labute approximate surface area is 160 Å². The van der Waals surface area contributed by atoms with Crippen LogP contribution >= 0.6 is 0 Å². The molecule has 1 unspecified atom stereocenters. The lowest BCUT2D eigenvalue weighted by Crippen LogP contribution is -2.50. The summed E-state index contributed by atoms with van der Waals surface area (Å²) in [7, 11) is 0. The summed E-state index contributed by atoms with van der Waals surface area (Å²) in [6.45, 7) is 5.96. The average Bonchev–Trinajstić information content (AvgIpc) is 3.37. The summed E-state index contributed by atoms with van der Waals surface area (Å²) in [6, 6.07) is 3.83. The predicted octanol–water partition coefficient (Wildman–Crippen LogP) is 2.34. The molecule has 0 spiro atoms. The van der Waals surface area contributed by atoms with Crippen molar-refractivity contribution in [2.75, 3.05) is 39.3 Å². The van der Waals surface area contributed by atoms with Gasteiger partial charge in [0, 0.05) is 25.7 Å². The van der Waals surface area contributed by atoms with Gasteiger partial charge in [-0.05, 0) is 57.8 Å². The van der Waals surface area contributed by atoms with Gasteiger partial charge in [0.15, 0.2) is 0 Å². The molecule has 2 aliphatic rings. The Bertz CT molecular complexity index is 593. The van der Waals surface area contributed by atoms with Crippen LogP contribution < -0.4 is 10.6 Å². The number of ether oxygens (including phenoxy) is 1. The third kappa shape index (κ3) is 5.38. The van der Waals surface area contributed by atoms with Crippen molar-refractivity contribution in [3.63, 3.8) is 0 Å². The maximum absolute atomic E-state index is 12.3. The largest absolute Gasteiger partial charge is 0.468 e. The number of furan rings is 1. The third-order valence-electron chi connectivity index (χ3n) is 5.27. The van der Waals surface area contributed by atoms with Crippen LogP contribution in [0.4, 0.5) is 9.59 Å². The van der Waals surface area contributed by atoms with Gasteiger partial charge in [-0.3, -0.25) is 4.90 Å². The zero-order valence-electron chi connectivity index (χ0n) is 16.0. The van der Waals surface area contributed by atoms with Crippen LogP contribution in [0.5, 0.6) is 0 Å². The Morgan fingerprint density at radius 3 is 2.63 bits per heavy atom. The van der Waals surface area contributed by atoms with E-state index in [1.807, 2.05) is 12.1 Å². The quantitative estimate of drug-likeness (QED) is 0.793. The maximum Gasteiger partial charge on any atom is 0.409 e. The van der Waals surface area contributed by atoms with Crippen LogP contribution in [0.2, 0.25) is 0 Å². The number of urea groups is 1. The molecule has 3 heterocycles. The second-order valence-electron chi connectivity index (χ2n) is 7.09. The van der Waals surface area contributed by atoms with Gasteiger partial charge in [-0.2, -0.15) is 0 Å². The van der Waals surface area contributed by atoms with E-state index in [-0.39, 0.29) is 24.2 Å². The number of nitrogens with zero attached hydrogens (tertiary/aromatic N) is 2. The van der Waals surface area contributed by atoms with Gasteiger partial charge in [-0.25, -0.2) is 9.59 Å². The zero-order chi connectivity index (χ0) is 19.1. The topological polar surface area (TPSA) is 87.0 Å². The highest BCUT2D eigenvalue weighted by atomic mass is 16.6. The van der Waals surface area contributed by atoms with E-state index >= 15 is 0 Å². The molecule has 0 radical (unpaired) electrons. The standard InChI is InChI=1S/C19H30N4O4/c1-2-26-19(25)23-11-7-15(8-12-23)21-18(24)20-14-16(17-6-5-13-27-17)22-9-3-4-10-22/h5-6,13,15-16H,2-4,7-12,14H2,1H3,(H2,20,21,24). The summed E-state index contributed by atoms with van der Waals surface area (Å²) in [6.07, 6.45) is 5.24. The summed E-state index contributed by atoms with van der Waals surface area (Å²) in [5, 5.41) is 6.02. The number of carbonyl (C=O) groups is 2. The van der Waals surface area contributed by atoms with E-state index in [4.69, 9.17) is 9.15 Å². The SMILES string of the molecule is CCOC(=O)N1CCC(NC(=O)NCC(c2ccco2)N2CCCC2)CC1. The van der Waals surface area contributed by atoms with Crippen LogP contribution in [0, 0.1) is 0 Å². The van der Waals surface area contributed by atoms with Crippen molar-refractivity contribution in [2.45, 2.75) is 44.7 Å². The first-order valence-electron chi connectivity index (χ1n) is 9.91. The van der Waals surface area contributed by atoms with E-state index in [1.54, 1.807) is 18.1 Å². The number of amides is 3. The van der Waals surface area contributed by atoms with Crippen molar-refractivity contribution >= 4 is 12.1 Å². The second kappa shape index (κ2) is 9.64. The van der Waals surface area contributed by atoms with Gasteiger partial charge in [0.25, 0.3) is 0 Å². The Hall–Kier alpha value is -2.22. The molecule has 0 saturated carbocycles. The molecule has 1 aromatic rings. The van der Waals surface area contributed by atoms with E-state index in [9.17, 15) is 9.59 Å². The minimum atomic E-state index is -0.271. The fourth-order valence-corrected chi connectivity index (χ4v) is 3.79. The monoisotopic (exact) mass is 378 g/mol. The summed E-state index contributed by atoms with van der Waals surface area (Å²) in [5.74, 6) is 0.889. The molecule has 2 N–H and O–H groups in total. The number of rotatable bonds is 6. The first-order chi connectivity index (χ1) is 13.2. The van der Waals surface area contributed by atoms with Crippen molar-refractivity contribution < 1.29 is 18.7 Å². The van der Waals surface area contributed by atoms with Gasteiger partial charge in [0.2, 0.25) is 0 Å². The molecule has 2 aliphatic heterocycles. The van der Waals surface area contributed by atoms with E-state index in [1.165, 1.54) is 12.8 Å². The molecular formula is C19H30N4O4. The molecule has 27 heavy (non-hydrogen) atoms. The van der Waals surface area contributed by atoms with Crippen LogP contribution in [0.1, 0.15) is 44.4 Å². The van der Waals surface area contributed by atoms with Crippen LogP contribution in [-0.2, 0) is 4.74 Å². The van der Waals surface area contributed by atoms with Crippen molar-refractivity contribution in [3.8, 4) is 0 Å². The Morgan fingerprint density at radius 1 is 1.26 bits per heavy atom. The number of likely N-dealkylation sites (tertiary alicyclic amines) is 2. The molecule has 2 fully saturated rings. The number of carbonyl (C=O) groups excluding carboxylic acids is 2. The molecule has 8 heteroatoms. The van der Waals surface area contributed by atoms with Gasteiger partial charge in [0.1, 0.15) is 5.76 Å². The predicted molar refractivity (Wildman–Crippen MR) is 100 cm³/mol. The Kier molecular flexibility index (Phi) is 6.98. The van der Waals surface area contributed by atoms with E-state index < -0.39 is 0 Å². The Morgan fingerprint density at radius 2 is 2.00 bits per heavy atom. The first-order valence-corrected chi connectivity index (χ1v) is 9.91. The zero-order valence-corrected chi connectivity index (χ0v) is 16.0. The van der Waals surface area contributed by atoms with Crippen LogP contribution in [0.25, 0.3) is 0 Å². The minimum Gasteiger partial charge on any atom is -0.468 e. The number of hydrogen-bond donors (Lipinski definition) is 2. The molecule has 150 valence electrons. The number of hydrogen-bond acceptors (Lipinski definition) is 5. The highest BCUT2D eigenvalue weighted by molar-refractivity contribution is 5.74. The van der Waals surface area contributed by atoms with Gasteiger partial charge in [-0.1, -0.05) is 0 Å². The second-order valence-corrected chi connectivity index (χ2v) is 7.09. The molecular weight excluding hydrogens is 348 g/mol. The molecule has 3 rings (SSSR count). The summed E-state index contributed by atoms with van der Waals surface area (Å²) in [5.41, 5.74) is 0. The average molecular weight is 378 g/mol. The van der Waals surface area contributed by atoms with Crippen molar-refractivity contribution in [3.05, 3.63) is 24.2 Å². The van der Waals surface area contributed by atoms with Crippen LogP contribution in [-0.4, -0.2) is 67.3 Å². The summed E-state index contributed by atoms with van der Waals surface area (Å²) in [4.78, 5) is 28.1. The highest BCUT2D eigenvalue weighted by Crippen LogP contribution is 2.24. The first kappa shape index (κ1) is 19.5. The third-order valence-corrected chi connectivity index (χ3v) is 5.27. The van der Waals surface area contributed by atoms with Gasteiger partial charge < -0.3 is 24.7 Å². The minimum absolute atomic E-state index is 0.0684. The molecule has 0 aliphatic carbocycles. The molecule has 2 saturated heterocycles. The highest BCUT2D eigenvalue weighted by Gasteiger charge is 2.27. The van der Waals surface area contributed by atoms with E-state index in [0.717, 1.165) is 31.7 Å². The van der Waals surface area contributed by atoms with Gasteiger partial charge >= 0.3 is 12.1 Å². The number of nitrogens with one attached hydrogen (secondary N) is 2. The summed E-state index contributed by atoms with van der Waals surface area (Å²) < 4.78 is 10.6. The lowest BCUT2D eigenvalue weighted by molar-refractivity contribution is 0.0957. The molecule has 3 amide bonds. The normalized spacial score (nSPS) is 19.7. The number of piperidine rings is 1. The Balaban J connectivity index is 1.43. The van der Waals surface area contributed by atoms with E-state index in [0.29, 0.717) is 26.2 Å². The van der Waals surface area contributed by atoms with Crippen molar-refractivity contribution in [1.82, 2.24) is 20.4 Å². The summed E-state index contributed by atoms with van der Waals surface area (Å²) >= 11 is 0. The molecule has 1 atom stereocenters. The van der Waals surface area contributed by atoms with Gasteiger partial charge in [-0.15, -0.1) is 0 Å². The lowest BCUT2D eigenvalue weighted by atomic mass is 10.1. The van der Waals surface area contributed by atoms with Crippen LogP contribution in [0.15, 0.2) is 22.8 Å². The molecule has 0 bridgehead atoms. The smallest absolute Gasteiger partial charge is 0.409 e. The maximum atomic E-state index is 12.3.